The first-order valence-corrected chi connectivity index (χ1v) is 10.0. The van der Waals surface area contributed by atoms with Crippen molar-refractivity contribution in [3.8, 4) is 0 Å². The largest absolute Gasteiger partial charge is 0.463 e. The topological polar surface area (TPSA) is 123 Å². The van der Waals surface area contributed by atoms with Crippen LogP contribution < -0.4 is 16.0 Å². The Bertz CT molecular complexity index is 884. The minimum atomic E-state index is -0.712. The standard InChI is InChI=1S/C22H29N3O6/c1-6-30-20(28)18-13(2)24-21(29)25-16(18)12-31-17(26)11-23-19(27)14-7-9-15(10-8-14)22(3,4)5/h7-10,13H,6,11-12H2,1-5H3,(H,23,27)(H2,24,25,29)/t13-/m1/s1. The van der Waals surface area contributed by atoms with E-state index in [0.29, 0.717) is 5.56 Å². The molecule has 0 bridgehead atoms. The lowest BCUT2D eigenvalue weighted by Gasteiger charge is -2.26. The van der Waals surface area contributed by atoms with Crippen molar-refractivity contribution in [1.82, 2.24) is 16.0 Å². The number of esters is 2. The maximum atomic E-state index is 12.3. The van der Waals surface area contributed by atoms with Gasteiger partial charge in [-0.15, -0.1) is 0 Å². The van der Waals surface area contributed by atoms with Gasteiger partial charge in [-0.2, -0.15) is 0 Å². The average Bonchev–Trinajstić information content (AvgIpc) is 2.69. The predicted molar refractivity (Wildman–Crippen MR) is 113 cm³/mol. The number of rotatable bonds is 7. The van der Waals surface area contributed by atoms with Crippen molar-refractivity contribution in [2.24, 2.45) is 0 Å². The summed E-state index contributed by atoms with van der Waals surface area (Å²) in [6, 6.07) is 6.03. The molecule has 3 amide bonds. The van der Waals surface area contributed by atoms with E-state index in [2.05, 4.69) is 36.7 Å². The van der Waals surface area contributed by atoms with Crippen LogP contribution in [-0.2, 0) is 24.5 Å². The smallest absolute Gasteiger partial charge is 0.338 e. The fourth-order valence-corrected chi connectivity index (χ4v) is 2.97. The van der Waals surface area contributed by atoms with Crippen molar-refractivity contribution in [3.63, 3.8) is 0 Å². The Hall–Kier alpha value is -3.36. The van der Waals surface area contributed by atoms with E-state index < -0.39 is 29.9 Å². The van der Waals surface area contributed by atoms with E-state index in [1.165, 1.54) is 0 Å². The van der Waals surface area contributed by atoms with Crippen molar-refractivity contribution >= 4 is 23.9 Å². The molecule has 0 aliphatic carbocycles. The van der Waals surface area contributed by atoms with E-state index in [9.17, 15) is 19.2 Å². The Morgan fingerprint density at radius 1 is 1.10 bits per heavy atom. The highest BCUT2D eigenvalue weighted by Crippen LogP contribution is 2.22. The quantitative estimate of drug-likeness (QED) is 0.566. The Labute approximate surface area is 181 Å². The highest BCUT2D eigenvalue weighted by molar-refractivity contribution is 5.96. The molecule has 0 saturated heterocycles. The lowest BCUT2D eigenvalue weighted by Crippen LogP contribution is -2.50. The second-order valence-corrected chi connectivity index (χ2v) is 8.10. The van der Waals surface area contributed by atoms with Crippen LogP contribution in [0.15, 0.2) is 35.5 Å². The third-order valence-corrected chi connectivity index (χ3v) is 4.65. The number of amides is 3. The van der Waals surface area contributed by atoms with Crippen LogP contribution in [0.2, 0.25) is 0 Å². The molecule has 0 unspecified atom stereocenters. The van der Waals surface area contributed by atoms with E-state index >= 15 is 0 Å². The number of ether oxygens (including phenoxy) is 2. The number of carbonyl (C=O) groups is 4. The normalized spacial score (nSPS) is 16.2. The number of hydrogen-bond acceptors (Lipinski definition) is 6. The van der Waals surface area contributed by atoms with Crippen LogP contribution in [0, 0.1) is 0 Å². The molecule has 2 rings (SSSR count). The molecular weight excluding hydrogens is 402 g/mol. The molecule has 0 saturated carbocycles. The molecule has 31 heavy (non-hydrogen) atoms. The van der Waals surface area contributed by atoms with Gasteiger partial charge in [0.2, 0.25) is 0 Å². The first-order chi connectivity index (χ1) is 14.5. The Morgan fingerprint density at radius 2 is 1.74 bits per heavy atom. The molecule has 9 nitrogen and oxygen atoms in total. The Balaban J connectivity index is 1.94. The SMILES string of the molecule is CCOC(=O)C1=C(COC(=O)CNC(=O)c2ccc(C(C)(C)C)cc2)NC(=O)N[C@@H]1C. The number of hydrogen-bond donors (Lipinski definition) is 3. The molecule has 1 aromatic rings. The molecule has 168 valence electrons. The molecule has 0 radical (unpaired) electrons. The van der Waals surface area contributed by atoms with E-state index in [1.807, 2.05) is 12.1 Å². The minimum Gasteiger partial charge on any atom is -0.463 e. The van der Waals surface area contributed by atoms with Crippen LogP contribution in [0.3, 0.4) is 0 Å². The maximum Gasteiger partial charge on any atom is 0.338 e. The fourth-order valence-electron chi connectivity index (χ4n) is 2.97. The summed E-state index contributed by atoms with van der Waals surface area (Å²) in [6.45, 7) is 8.99. The highest BCUT2D eigenvalue weighted by atomic mass is 16.5. The highest BCUT2D eigenvalue weighted by Gasteiger charge is 2.30. The predicted octanol–water partition coefficient (Wildman–Crippen LogP) is 1.78. The van der Waals surface area contributed by atoms with Crippen molar-refractivity contribution in [1.29, 1.82) is 0 Å². The molecule has 1 aromatic carbocycles. The van der Waals surface area contributed by atoms with Gasteiger partial charge in [0.05, 0.1) is 23.9 Å². The van der Waals surface area contributed by atoms with Gasteiger partial charge in [-0.25, -0.2) is 9.59 Å². The summed E-state index contributed by atoms with van der Waals surface area (Å²) in [6.07, 6.45) is 0. The number of nitrogens with one attached hydrogen (secondary N) is 3. The first kappa shape index (κ1) is 23.9. The molecule has 9 heteroatoms. The zero-order valence-corrected chi connectivity index (χ0v) is 18.5. The van der Waals surface area contributed by atoms with Gasteiger partial charge in [-0.1, -0.05) is 32.9 Å². The molecule has 1 heterocycles. The van der Waals surface area contributed by atoms with Crippen molar-refractivity contribution < 1.29 is 28.7 Å². The molecule has 1 aliphatic heterocycles. The van der Waals surface area contributed by atoms with Crippen LogP contribution in [0.1, 0.15) is 50.5 Å². The van der Waals surface area contributed by atoms with Crippen LogP contribution in [0.25, 0.3) is 0 Å². The van der Waals surface area contributed by atoms with Crippen molar-refractivity contribution in [2.45, 2.75) is 46.1 Å². The van der Waals surface area contributed by atoms with Gasteiger partial charge < -0.3 is 25.4 Å². The third kappa shape index (κ3) is 6.56. The molecule has 1 atom stereocenters. The van der Waals surface area contributed by atoms with Crippen LogP contribution in [0.4, 0.5) is 4.79 Å². The van der Waals surface area contributed by atoms with Gasteiger partial charge in [0.25, 0.3) is 5.91 Å². The van der Waals surface area contributed by atoms with Crippen LogP contribution >= 0.6 is 0 Å². The lowest BCUT2D eigenvalue weighted by atomic mass is 9.87. The summed E-state index contributed by atoms with van der Waals surface area (Å²) in [4.78, 5) is 48.2. The molecule has 0 fully saturated rings. The van der Waals surface area contributed by atoms with Gasteiger partial charge in [0, 0.05) is 5.56 Å². The second kappa shape index (κ2) is 10.1. The van der Waals surface area contributed by atoms with Gasteiger partial charge in [-0.3, -0.25) is 9.59 Å². The molecule has 0 spiro atoms. The van der Waals surface area contributed by atoms with Gasteiger partial charge >= 0.3 is 18.0 Å². The van der Waals surface area contributed by atoms with Crippen molar-refractivity contribution in [3.05, 3.63) is 46.7 Å². The van der Waals surface area contributed by atoms with Gasteiger partial charge in [-0.05, 0) is 37.0 Å². The minimum absolute atomic E-state index is 0.0303. The summed E-state index contributed by atoms with van der Waals surface area (Å²) in [5.41, 5.74) is 1.81. The number of carbonyl (C=O) groups excluding carboxylic acids is 4. The summed E-state index contributed by atoms with van der Waals surface area (Å²) in [5.74, 6) is -1.73. The second-order valence-electron chi connectivity index (χ2n) is 8.10. The summed E-state index contributed by atoms with van der Waals surface area (Å²) < 4.78 is 10.1. The zero-order valence-electron chi connectivity index (χ0n) is 18.5. The number of urea groups is 1. The molecular formula is C22H29N3O6. The van der Waals surface area contributed by atoms with Crippen LogP contribution in [-0.4, -0.2) is 49.7 Å². The first-order valence-electron chi connectivity index (χ1n) is 10.0. The Morgan fingerprint density at radius 3 is 2.32 bits per heavy atom. The zero-order chi connectivity index (χ0) is 23.2. The van der Waals surface area contributed by atoms with E-state index in [0.717, 1.165) is 5.56 Å². The Kier molecular flexibility index (Phi) is 7.79. The third-order valence-electron chi connectivity index (χ3n) is 4.65. The van der Waals surface area contributed by atoms with Crippen LogP contribution in [0.5, 0.6) is 0 Å². The molecule has 3 N–H and O–H groups in total. The number of benzene rings is 1. The lowest BCUT2D eigenvalue weighted by molar-refractivity contribution is -0.142. The van der Waals surface area contributed by atoms with E-state index in [-0.39, 0.29) is 36.4 Å². The summed E-state index contributed by atoms with van der Waals surface area (Å²) in [7, 11) is 0. The average molecular weight is 431 g/mol. The summed E-state index contributed by atoms with van der Waals surface area (Å²) in [5, 5.41) is 7.51. The monoisotopic (exact) mass is 431 g/mol. The van der Waals surface area contributed by atoms with Gasteiger partial charge in [0.15, 0.2) is 0 Å². The van der Waals surface area contributed by atoms with E-state index in [1.54, 1.807) is 26.0 Å². The van der Waals surface area contributed by atoms with E-state index in [4.69, 9.17) is 9.47 Å². The molecule has 1 aliphatic rings. The fraction of sp³-hybridized carbons (Fsp3) is 0.455. The molecule has 0 aromatic heterocycles. The van der Waals surface area contributed by atoms with Crippen molar-refractivity contribution in [2.75, 3.05) is 19.8 Å². The van der Waals surface area contributed by atoms with Gasteiger partial charge in [0.1, 0.15) is 13.2 Å². The maximum absolute atomic E-state index is 12.3. The summed E-state index contributed by atoms with van der Waals surface area (Å²) >= 11 is 0.